The average Bonchev–Trinajstić information content (AvgIpc) is 2.33. The Morgan fingerprint density at radius 3 is 2.33 bits per heavy atom. The summed E-state index contributed by atoms with van der Waals surface area (Å²) >= 11 is 0. The lowest BCUT2D eigenvalue weighted by Crippen LogP contribution is -2.18. The van der Waals surface area contributed by atoms with Gasteiger partial charge in [-0.05, 0) is 18.4 Å². The minimum atomic E-state index is 0.450. The molecule has 0 radical (unpaired) electrons. The maximum Gasteiger partial charge on any atom is 0.0898 e. The van der Waals surface area contributed by atoms with Crippen molar-refractivity contribution in [1.29, 1.82) is 0 Å². The van der Waals surface area contributed by atoms with Crippen LogP contribution in [0.3, 0.4) is 0 Å². The minimum absolute atomic E-state index is 0.450. The summed E-state index contributed by atoms with van der Waals surface area (Å²) in [5, 5.41) is 12.6. The van der Waals surface area contributed by atoms with Crippen molar-refractivity contribution >= 4 is 5.71 Å². The molecule has 1 aliphatic carbocycles. The van der Waals surface area contributed by atoms with Gasteiger partial charge in [-0.1, -0.05) is 54.8 Å². The van der Waals surface area contributed by atoms with Gasteiger partial charge in [-0.3, -0.25) is 0 Å². The van der Waals surface area contributed by atoms with Crippen LogP contribution in [-0.2, 0) is 0 Å². The highest BCUT2D eigenvalue weighted by molar-refractivity contribution is 6.01. The molecule has 1 aliphatic rings. The molecular weight excluding hydrogens is 186 g/mol. The number of oxime groups is 1. The van der Waals surface area contributed by atoms with Crippen LogP contribution in [0.4, 0.5) is 0 Å². The third kappa shape index (κ3) is 2.38. The van der Waals surface area contributed by atoms with Gasteiger partial charge >= 0.3 is 0 Å². The van der Waals surface area contributed by atoms with Gasteiger partial charge in [0.1, 0.15) is 0 Å². The number of hydrogen-bond donors (Lipinski definition) is 1. The smallest absolute Gasteiger partial charge is 0.0898 e. The maximum atomic E-state index is 9.12. The molecule has 2 nitrogen and oxygen atoms in total. The molecule has 0 saturated heterocycles. The quantitative estimate of drug-likeness (QED) is 0.445. The van der Waals surface area contributed by atoms with Gasteiger partial charge in [0, 0.05) is 5.92 Å². The van der Waals surface area contributed by atoms with Crippen molar-refractivity contribution in [2.45, 2.75) is 32.1 Å². The second kappa shape index (κ2) is 4.96. The van der Waals surface area contributed by atoms with Crippen molar-refractivity contribution in [1.82, 2.24) is 0 Å². The van der Waals surface area contributed by atoms with Crippen molar-refractivity contribution in [3.63, 3.8) is 0 Å². The highest BCUT2D eigenvalue weighted by Gasteiger charge is 2.20. The van der Waals surface area contributed by atoms with E-state index >= 15 is 0 Å². The second-order valence-corrected chi connectivity index (χ2v) is 4.19. The molecule has 0 aromatic heterocycles. The van der Waals surface area contributed by atoms with Crippen LogP contribution in [0, 0.1) is 5.92 Å². The molecule has 0 heterocycles. The summed E-state index contributed by atoms with van der Waals surface area (Å²) in [6.45, 7) is 0. The summed E-state index contributed by atoms with van der Waals surface area (Å²) < 4.78 is 0. The number of benzene rings is 1. The van der Waals surface area contributed by atoms with Gasteiger partial charge in [0.25, 0.3) is 0 Å². The molecule has 0 amide bonds. The standard InChI is InChI=1S/C13H17NO/c15-14-13(11-7-3-1-4-8-11)12-9-5-2-6-10-12/h1,3-4,7-8,12,15H,2,5-6,9-10H2/b14-13-. The van der Waals surface area contributed by atoms with Gasteiger partial charge in [0.05, 0.1) is 5.71 Å². The number of nitrogens with zero attached hydrogens (tertiary/aromatic N) is 1. The SMILES string of the molecule is O/N=C(/c1ccccc1)C1CCCCC1. The fourth-order valence-electron chi connectivity index (χ4n) is 2.36. The fourth-order valence-corrected chi connectivity index (χ4v) is 2.36. The molecule has 1 N–H and O–H groups in total. The molecule has 15 heavy (non-hydrogen) atoms. The lowest BCUT2D eigenvalue weighted by molar-refractivity contribution is 0.310. The summed E-state index contributed by atoms with van der Waals surface area (Å²) in [6, 6.07) is 10.00. The molecular formula is C13H17NO. The molecule has 0 atom stereocenters. The van der Waals surface area contributed by atoms with E-state index in [4.69, 9.17) is 5.21 Å². The maximum absolute atomic E-state index is 9.12. The molecule has 0 spiro atoms. The van der Waals surface area contributed by atoms with Crippen LogP contribution in [0.2, 0.25) is 0 Å². The van der Waals surface area contributed by atoms with E-state index in [1.165, 1.54) is 19.3 Å². The molecule has 1 aromatic carbocycles. The number of rotatable bonds is 2. The summed E-state index contributed by atoms with van der Waals surface area (Å²) in [5.74, 6) is 0.450. The molecule has 2 heteroatoms. The van der Waals surface area contributed by atoms with Crippen molar-refractivity contribution in [3.8, 4) is 0 Å². The Hall–Kier alpha value is -1.31. The zero-order chi connectivity index (χ0) is 10.5. The van der Waals surface area contributed by atoms with E-state index in [2.05, 4.69) is 5.16 Å². The van der Waals surface area contributed by atoms with E-state index < -0.39 is 0 Å². The third-order valence-electron chi connectivity index (χ3n) is 3.17. The Morgan fingerprint density at radius 1 is 1.07 bits per heavy atom. The third-order valence-corrected chi connectivity index (χ3v) is 3.17. The van der Waals surface area contributed by atoms with E-state index in [1.807, 2.05) is 30.3 Å². The first-order chi connectivity index (χ1) is 7.42. The van der Waals surface area contributed by atoms with Crippen molar-refractivity contribution in [3.05, 3.63) is 35.9 Å². The summed E-state index contributed by atoms with van der Waals surface area (Å²) in [7, 11) is 0. The predicted octanol–water partition coefficient (Wildman–Crippen LogP) is 3.45. The lowest BCUT2D eigenvalue weighted by atomic mass is 9.83. The van der Waals surface area contributed by atoms with Crippen LogP contribution in [-0.4, -0.2) is 10.9 Å². The Morgan fingerprint density at radius 2 is 1.73 bits per heavy atom. The van der Waals surface area contributed by atoms with Gasteiger partial charge in [-0.25, -0.2) is 0 Å². The van der Waals surface area contributed by atoms with Crippen LogP contribution in [0.1, 0.15) is 37.7 Å². The van der Waals surface area contributed by atoms with E-state index in [1.54, 1.807) is 0 Å². The highest BCUT2D eigenvalue weighted by Crippen LogP contribution is 2.27. The average molecular weight is 203 g/mol. The molecule has 2 rings (SSSR count). The highest BCUT2D eigenvalue weighted by atomic mass is 16.4. The Kier molecular flexibility index (Phi) is 3.38. The van der Waals surface area contributed by atoms with Gasteiger partial charge < -0.3 is 5.21 Å². The van der Waals surface area contributed by atoms with Crippen LogP contribution in [0.15, 0.2) is 35.5 Å². The van der Waals surface area contributed by atoms with Gasteiger partial charge in [0.2, 0.25) is 0 Å². The van der Waals surface area contributed by atoms with Crippen molar-refractivity contribution < 1.29 is 5.21 Å². The topological polar surface area (TPSA) is 32.6 Å². The molecule has 0 bridgehead atoms. The normalized spacial score (nSPS) is 19.1. The predicted molar refractivity (Wildman–Crippen MR) is 61.3 cm³/mol. The van der Waals surface area contributed by atoms with Gasteiger partial charge in [0.15, 0.2) is 0 Å². The van der Waals surface area contributed by atoms with E-state index in [0.717, 1.165) is 24.1 Å². The fraction of sp³-hybridized carbons (Fsp3) is 0.462. The molecule has 0 unspecified atom stereocenters. The van der Waals surface area contributed by atoms with E-state index in [0.29, 0.717) is 5.92 Å². The molecule has 80 valence electrons. The first kappa shape index (κ1) is 10.2. The Balaban J connectivity index is 2.17. The largest absolute Gasteiger partial charge is 0.411 e. The van der Waals surface area contributed by atoms with Gasteiger partial charge in [-0.15, -0.1) is 0 Å². The Bertz CT molecular complexity index is 326. The summed E-state index contributed by atoms with van der Waals surface area (Å²) in [6.07, 6.45) is 6.17. The lowest BCUT2D eigenvalue weighted by Gasteiger charge is -2.22. The van der Waals surface area contributed by atoms with Crippen LogP contribution < -0.4 is 0 Å². The monoisotopic (exact) mass is 203 g/mol. The Labute approximate surface area is 90.6 Å². The van der Waals surface area contributed by atoms with Crippen molar-refractivity contribution in [2.24, 2.45) is 11.1 Å². The van der Waals surface area contributed by atoms with E-state index in [9.17, 15) is 0 Å². The van der Waals surface area contributed by atoms with Gasteiger partial charge in [-0.2, -0.15) is 0 Å². The molecule has 1 aromatic rings. The second-order valence-electron chi connectivity index (χ2n) is 4.19. The van der Waals surface area contributed by atoms with E-state index in [-0.39, 0.29) is 0 Å². The first-order valence-corrected chi connectivity index (χ1v) is 5.69. The number of hydrogen-bond acceptors (Lipinski definition) is 2. The first-order valence-electron chi connectivity index (χ1n) is 5.69. The van der Waals surface area contributed by atoms with Crippen LogP contribution in [0.5, 0.6) is 0 Å². The molecule has 1 fully saturated rings. The summed E-state index contributed by atoms with van der Waals surface area (Å²) in [5.41, 5.74) is 1.93. The molecule has 1 saturated carbocycles. The van der Waals surface area contributed by atoms with Crippen LogP contribution in [0.25, 0.3) is 0 Å². The van der Waals surface area contributed by atoms with Crippen LogP contribution >= 0.6 is 0 Å². The zero-order valence-electron chi connectivity index (χ0n) is 8.89. The molecule has 0 aliphatic heterocycles. The summed E-state index contributed by atoms with van der Waals surface area (Å²) in [4.78, 5) is 0. The van der Waals surface area contributed by atoms with Crippen molar-refractivity contribution in [2.75, 3.05) is 0 Å². The minimum Gasteiger partial charge on any atom is -0.411 e. The zero-order valence-corrected chi connectivity index (χ0v) is 8.89.